The zero-order chi connectivity index (χ0) is 17.2. The summed E-state index contributed by atoms with van der Waals surface area (Å²) in [6.45, 7) is 15.1. The first-order chi connectivity index (χ1) is 11.3. The van der Waals surface area contributed by atoms with Crippen molar-refractivity contribution in [3.63, 3.8) is 0 Å². The lowest BCUT2D eigenvalue weighted by Gasteiger charge is -2.21. The maximum Gasteiger partial charge on any atom is 0.0108 e. The van der Waals surface area contributed by atoms with Crippen LogP contribution in [0.3, 0.4) is 0 Å². The van der Waals surface area contributed by atoms with Gasteiger partial charge in [0, 0.05) is 65.4 Å². The van der Waals surface area contributed by atoms with Crippen LogP contribution in [0.5, 0.6) is 0 Å². The number of rotatable bonds is 18. The van der Waals surface area contributed by atoms with Crippen molar-refractivity contribution < 1.29 is 0 Å². The van der Waals surface area contributed by atoms with Crippen LogP contribution < -0.4 is 27.4 Å². The van der Waals surface area contributed by atoms with Crippen LogP contribution in [-0.2, 0) is 0 Å². The third kappa shape index (κ3) is 15.0. The molecule has 0 aromatic rings. The van der Waals surface area contributed by atoms with Crippen molar-refractivity contribution in [3.8, 4) is 0 Å². The summed E-state index contributed by atoms with van der Waals surface area (Å²) < 4.78 is 0. The van der Waals surface area contributed by atoms with Gasteiger partial charge in [0.1, 0.15) is 0 Å². The Morgan fingerprint density at radius 2 is 1.30 bits per heavy atom. The molecule has 7 N–H and O–H groups in total. The Hall–Kier alpha value is -0.280. The minimum atomic E-state index is 0.726. The molecule has 0 amide bonds. The second-order valence-corrected chi connectivity index (χ2v) is 5.81. The molecular formula is C16H41N7. The van der Waals surface area contributed by atoms with E-state index in [1.165, 1.54) is 6.42 Å². The van der Waals surface area contributed by atoms with E-state index in [0.29, 0.717) is 0 Å². The van der Waals surface area contributed by atoms with Crippen molar-refractivity contribution in [2.75, 3.05) is 92.1 Å². The monoisotopic (exact) mass is 331 g/mol. The van der Waals surface area contributed by atoms with E-state index < -0.39 is 0 Å². The Morgan fingerprint density at radius 3 is 1.91 bits per heavy atom. The van der Waals surface area contributed by atoms with Gasteiger partial charge in [0.15, 0.2) is 0 Å². The van der Waals surface area contributed by atoms with Gasteiger partial charge >= 0.3 is 0 Å². The Labute approximate surface area is 143 Å². The minimum Gasteiger partial charge on any atom is -0.329 e. The third-order valence-corrected chi connectivity index (χ3v) is 3.93. The molecule has 0 spiro atoms. The molecule has 0 fully saturated rings. The standard InChI is InChI=1S/C16H41N7/c1-3-22(13-5-17)12-4-7-20-8-9-21-11-16-23(14-6-18)15-10-19-2/h19-21H,3-18H2,1-2H3. The van der Waals surface area contributed by atoms with Crippen LogP contribution in [0.4, 0.5) is 0 Å². The van der Waals surface area contributed by atoms with Crippen molar-refractivity contribution in [3.05, 3.63) is 0 Å². The summed E-state index contributed by atoms with van der Waals surface area (Å²) in [6, 6.07) is 0. The molecule has 0 bridgehead atoms. The Morgan fingerprint density at radius 1 is 0.696 bits per heavy atom. The highest BCUT2D eigenvalue weighted by Gasteiger charge is 2.02. The molecule has 0 saturated carbocycles. The highest BCUT2D eigenvalue weighted by Crippen LogP contribution is 1.89. The number of likely N-dealkylation sites (N-methyl/N-ethyl adjacent to an activating group) is 2. The fraction of sp³-hybridized carbons (Fsp3) is 1.00. The molecule has 0 unspecified atom stereocenters. The summed E-state index contributed by atoms with van der Waals surface area (Å²) >= 11 is 0. The Balaban J connectivity index is 3.40. The molecule has 23 heavy (non-hydrogen) atoms. The second kappa shape index (κ2) is 18.1. The summed E-state index contributed by atoms with van der Waals surface area (Å²) in [5.74, 6) is 0. The molecular weight excluding hydrogens is 290 g/mol. The predicted octanol–water partition coefficient (Wildman–Crippen LogP) is -1.68. The van der Waals surface area contributed by atoms with E-state index in [-0.39, 0.29) is 0 Å². The van der Waals surface area contributed by atoms with E-state index in [1.807, 2.05) is 7.05 Å². The molecule has 0 rings (SSSR count). The van der Waals surface area contributed by atoms with Gasteiger partial charge in [-0.3, -0.25) is 4.90 Å². The van der Waals surface area contributed by atoms with Crippen molar-refractivity contribution >= 4 is 0 Å². The quantitative estimate of drug-likeness (QED) is 0.191. The van der Waals surface area contributed by atoms with Crippen LogP contribution in [-0.4, -0.2) is 102 Å². The van der Waals surface area contributed by atoms with E-state index in [4.69, 9.17) is 11.5 Å². The van der Waals surface area contributed by atoms with Gasteiger partial charge in [0.05, 0.1) is 0 Å². The van der Waals surface area contributed by atoms with Gasteiger partial charge in [0.2, 0.25) is 0 Å². The zero-order valence-corrected chi connectivity index (χ0v) is 15.4. The first-order valence-electron chi connectivity index (χ1n) is 9.19. The van der Waals surface area contributed by atoms with Gasteiger partial charge in [0.25, 0.3) is 0 Å². The van der Waals surface area contributed by atoms with Crippen LogP contribution in [0.1, 0.15) is 13.3 Å². The number of hydrogen-bond donors (Lipinski definition) is 5. The van der Waals surface area contributed by atoms with Gasteiger partial charge in [-0.05, 0) is 33.1 Å². The maximum absolute atomic E-state index is 5.65. The number of nitrogens with one attached hydrogen (secondary N) is 3. The van der Waals surface area contributed by atoms with Gasteiger partial charge in [-0.2, -0.15) is 0 Å². The first-order valence-corrected chi connectivity index (χ1v) is 9.19. The zero-order valence-electron chi connectivity index (χ0n) is 15.4. The van der Waals surface area contributed by atoms with Crippen LogP contribution in [0.25, 0.3) is 0 Å². The predicted molar refractivity (Wildman–Crippen MR) is 101 cm³/mol. The molecule has 0 aromatic carbocycles. The molecule has 7 heteroatoms. The Bertz CT molecular complexity index is 228. The summed E-state index contributed by atoms with van der Waals surface area (Å²) in [5.41, 5.74) is 11.2. The molecule has 0 aliphatic heterocycles. The van der Waals surface area contributed by atoms with Gasteiger partial charge in [-0.25, -0.2) is 0 Å². The topological polar surface area (TPSA) is 94.6 Å². The normalized spacial score (nSPS) is 11.7. The number of hydrogen-bond acceptors (Lipinski definition) is 7. The van der Waals surface area contributed by atoms with Crippen molar-refractivity contribution in [1.82, 2.24) is 25.8 Å². The van der Waals surface area contributed by atoms with Gasteiger partial charge in [-0.1, -0.05) is 6.92 Å². The van der Waals surface area contributed by atoms with Crippen molar-refractivity contribution in [2.24, 2.45) is 11.5 Å². The molecule has 0 saturated heterocycles. The van der Waals surface area contributed by atoms with Crippen LogP contribution >= 0.6 is 0 Å². The van der Waals surface area contributed by atoms with E-state index in [2.05, 4.69) is 32.7 Å². The smallest absolute Gasteiger partial charge is 0.0108 e. The van der Waals surface area contributed by atoms with E-state index in [0.717, 1.165) is 85.1 Å². The third-order valence-electron chi connectivity index (χ3n) is 3.93. The highest BCUT2D eigenvalue weighted by molar-refractivity contribution is 4.63. The van der Waals surface area contributed by atoms with E-state index >= 15 is 0 Å². The minimum absolute atomic E-state index is 0.726. The summed E-state index contributed by atoms with van der Waals surface area (Å²) in [7, 11) is 1.99. The van der Waals surface area contributed by atoms with Gasteiger partial charge in [-0.15, -0.1) is 0 Å². The fourth-order valence-electron chi connectivity index (χ4n) is 2.49. The average Bonchev–Trinajstić information content (AvgIpc) is 2.56. The first kappa shape index (κ1) is 22.7. The molecule has 0 radical (unpaired) electrons. The fourth-order valence-corrected chi connectivity index (χ4v) is 2.49. The molecule has 140 valence electrons. The highest BCUT2D eigenvalue weighted by atomic mass is 15.2. The summed E-state index contributed by atoms with van der Waals surface area (Å²) in [5, 5.41) is 10.2. The average molecular weight is 332 g/mol. The van der Waals surface area contributed by atoms with Crippen LogP contribution in [0, 0.1) is 0 Å². The van der Waals surface area contributed by atoms with Crippen LogP contribution in [0.2, 0.25) is 0 Å². The molecule has 0 atom stereocenters. The summed E-state index contributed by atoms with van der Waals surface area (Å²) in [4.78, 5) is 4.80. The van der Waals surface area contributed by atoms with Crippen LogP contribution in [0.15, 0.2) is 0 Å². The molecule has 7 nitrogen and oxygen atoms in total. The van der Waals surface area contributed by atoms with Crippen molar-refractivity contribution in [2.45, 2.75) is 13.3 Å². The SMILES string of the molecule is CCN(CCN)CCCNCCNCCN(CCN)CCNC. The van der Waals surface area contributed by atoms with E-state index in [9.17, 15) is 0 Å². The Kier molecular flexibility index (Phi) is 17.8. The molecule has 0 aliphatic rings. The summed E-state index contributed by atoms with van der Waals surface area (Å²) in [6.07, 6.45) is 1.18. The molecule has 0 heterocycles. The largest absolute Gasteiger partial charge is 0.329 e. The lowest BCUT2D eigenvalue weighted by Crippen LogP contribution is -2.40. The van der Waals surface area contributed by atoms with Gasteiger partial charge < -0.3 is 32.3 Å². The lowest BCUT2D eigenvalue weighted by atomic mass is 10.3. The lowest BCUT2D eigenvalue weighted by molar-refractivity contribution is 0.281. The van der Waals surface area contributed by atoms with E-state index in [1.54, 1.807) is 0 Å². The molecule has 0 aliphatic carbocycles. The number of nitrogens with zero attached hydrogens (tertiary/aromatic N) is 2. The van der Waals surface area contributed by atoms with Crippen molar-refractivity contribution in [1.29, 1.82) is 0 Å². The molecule has 0 aromatic heterocycles. The number of nitrogens with two attached hydrogens (primary N) is 2. The maximum atomic E-state index is 5.65. The second-order valence-electron chi connectivity index (χ2n) is 5.81.